The molecule has 1 aromatic rings. The van der Waals surface area contributed by atoms with Gasteiger partial charge in [0, 0.05) is 23.2 Å². The third-order valence-electron chi connectivity index (χ3n) is 4.36. The quantitative estimate of drug-likeness (QED) is 0.905. The molecule has 18 heavy (non-hydrogen) atoms. The summed E-state index contributed by atoms with van der Waals surface area (Å²) in [7, 11) is 0. The van der Waals surface area contributed by atoms with Crippen molar-refractivity contribution < 1.29 is 0 Å². The Morgan fingerprint density at radius 1 is 1.44 bits per heavy atom. The Bertz CT molecular complexity index is 429. The number of halogens is 1. The van der Waals surface area contributed by atoms with Gasteiger partial charge in [-0.15, -0.1) is 0 Å². The second-order valence-electron chi connectivity index (χ2n) is 6.05. The molecule has 0 aliphatic carbocycles. The summed E-state index contributed by atoms with van der Waals surface area (Å²) in [6, 6.07) is 6.53. The maximum absolute atomic E-state index is 5.95. The van der Waals surface area contributed by atoms with E-state index in [1.165, 1.54) is 17.7 Å². The van der Waals surface area contributed by atoms with Crippen molar-refractivity contribution in [2.75, 3.05) is 24.5 Å². The average molecular weight is 311 g/mol. The van der Waals surface area contributed by atoms with Crippen LogP contribution in [0, 0.1) is 18.3 Å². The normalized spacial score (nSPS) is 23.2. The standard InChI is InChI=1S/C15H23BrN2/c1-11-8-13(16)4-5-14(11)18-7-6-15(2,3)12(9-17)10-18/h4-5,8,12H,6-7,9-10,17H2,1-3H3. The van der Waals surface area contributed by atoms with Gasteiger partial charge in [-0.2, -0.15) is 0 Å². The maximum Gasteiger partial charge on any atom is 0.0396 e. The van der Waals surface area contributed by atoms with Crippen molar-refractivity contribution in [1.82, 2.24) is 0 Å². The second kappa shape index (κ2) is 5.22. The van der Waals surface area contributed by atoms with Gasteiger partial charge in [-0.3, -0.25) is 0 Å². The third-order valence-corrected chi connectivity index (χ3v) is 4.85. The number of hydrogen-bond donors (Lipinski definition) is 1. The molecule has 2 nitrogen and oxygen atoms in total. The first kappa shape index (κ1) is 13.9. The minimum atomic E-state index is 0.370. The van der Waals surface area contributed by atoms with E-state index < -0.39 is 0 Å². The van der Waals surface area contributed by atoms with Gasteiger partial charge >= 0.3 is 0 Å². The van der Waals surface area contributed by atoms with E-state index in [1.807, 2.05) is 0 Å². The Morgan fingerprint density at radius 2 is 2.17 bits per heavy atom. The maximum atomic E-state index is 5.95. The topological polar surface area (TPSA) is 29.3 Å². The van der Waals surface area contributed by atoms with Crippen LogP contribution in [0.3, 0.4) is 0 Å². The molecule has 1 unspecified atom stereocenters. The summed E-state index contributed by atoms with van der Waals surface area (Å²) in [6.45, 7) is 9.85. The van der Waals surface area contributed by atoms with Crippen molar-refractivity contribution in [2.24, 2.45) is 17.1 Å². The summed E-state index contributed by atoms with van der Waals surface area (Å²) in [6.07, 6.45) is 1.21. The molecule has 0 spiro atoms. The van der Waals surface area contributed by atoms with Crippen LogP contribution in [-0.2, 0) is 0 Å². The summed E-state index contributed by atoms with van der Waals surface area (Å²) in [5.41, 5.74) is 9.00. The Balaban J connectivity index is 2.20. The molecular formula is C15H23BrN2. The van der Waals surface area contributed by atoms with Crippen molar-refractivity contribution in [3.8, 4) is 0 Å². The Labute approximate surface area is 119 Å². The van der Waals surface area contributed by atoms with Crippen LogP contribution in [0.2, 0.25) is 0 Å². The molecular weight excluding hydrogens is 288 g/mol. The van der Waals surface area contributed by atoms with Crippen molar-refractivity contribution >= 4 is 21.6 Å². The number of nitrogens with zero attached hydrogens (tertiary/aromatic N) is 1. The van der Waals surface area contributed by atoms with Gasteiger partial charge in [0.15, 0.2) is 0 Å². The SMILES string of the molecule is Cc1cc(Br)ccc1N1CCC(C)(C)C(CN)C1. The second-order valence-corrected chi connectivity index (χ2v) is 6.96. The molecule has 3 heteroatoms. The third kappa shape index (κ3) is 2.72. The van der Waals surface area contributed by atoms with Crippen LogP contribution < -0.4 is 10.6 Å². The molecule has 2 N–H and O–H groups in total. The smallest absolute Gasteiger partial charge is 0.0396 e. The first-order chi connectivity index (χ1) is 8.44. The predicted octanol–water partition coefficient (Wildman–Crippen LogP) is 3.57. The van der Waals surface area contributed by atoms with Crippen molar-refractivity contribution in [2.45, 2.75) is 27.2 Å². The Hall–Kier alpha value is -0.540. The van der Waals surface area contributed by atoms with Gasteiger partial charge in [-0.1, -0.05) is 29.8 Å². The molecule has 1 aromatic carbocycles. The number of nitrogens with two attached hydrogens (primary N) is 1. The van der Waals surface area contributed by atoms with E-state index in [4.69, 9.17) is 5.73 Å². The molecule has 1 aliphatic heterocycles. The predicted molar refractivity (Wildman–Crippen MR) is 82.0 cm³/mol. The zero-order valence-electron chi connectivity index (χ0n) is 11.5. The fourth-order valence-electron chi connectivity index (χ4n) is 2.82. The lowest BCUT2D eigenvalue weighted by atomic mass is 9.73. The minimum Gasteiger partial charge on any atom is -0.371 e. The van der Waals surface area contributed by atoms with E-state index in [2.05, 4.69) is 59.8 Å². The molecule has 100 valence electrons. The lowest BCUT2D eigenvalue weighted by molar-refractivity contribution is 0.177. The van der Waals surface area contributed by atoms with Gasteiger partial charge in [0.25, 0.3) is 0 Å². The fraction of sp³-hybridized carbons (Fsp3) is 0.600. The van der Waals surface area contributed by atoms with Gasteiger partial charge in [-0.05, 0) is 55.0 Å². The molecule has 1 aliphatic rings. The molecule has 0 amide bonds. The average Bonchev–Trinajstić information content (AvgIpc) is 2.30. The highest BCUT2D eigenvalue weighted by Gasteiger charge is 2.34. The van der Waals surface area contributed by atoms with Gasteiger partial charge in [0.1, 0.15) is 0 Å². The van der Waals surface area contributed by atoms with Crippen LogP contribution in [0.5, 0.6) is 0 Å². The summed E-state index contributed by atoms with van der Waals surface area (Å²) in [5, 5.41) is 0. The molecule has 0 radical (unpaired) electrons. The number of aryl methyl sites for hydroxylation is 1. The molecule has 0 aromatic heterocycles. The van der Waals surface area contributed by atoms with Crippen molar-refractivity contribution in [3.63, 3.8) is 0 Å². The van der Waals surface area contributed by atoms with Crippen LogP contribution in [0.25, 0.3) is 0 Å². The summed E-state index contributed by atoms with van der Waals surface area (Å²) in [4.78, 5) is 2.49. The van der Waals surface area contributed by atoms with Crippen LogP contribution in [-0.4, -0.2) is 19.6 Å². The Morgan fingerprint density at radius 3 is 2.78 bits per heavy atom. The number of anilines is 1. The van der Waals surface area contributed by atoms with Crippen LogP contribution >= 0.6 is 15.9 Å². The fourth-order valence-corrected chi connectivity index (χ4v) is 3.29. The number of benzene rings is 1. The van der Waals surface area contributed by atoms with Crippen LogP contribution in [0.15, 0.2) is 22.7 Å². The van der Waals surface area contributed by atoms with E-state index in [9.17, 15) is 0 Å². The largest absolute Gasteiger partial charge is 0.371 e. The van der Waals surface area contributed by atoms with E-state index in [1.54, 1.807) is 0 Å². The van der Waals surface area contributed by atoms with Gasteiger partial charge in [0.05, 0.1) is 0 Å². The zero-order valence-corrected chi connectivity index (χ0v) is 13.1. The van der Waals surface area contributed by atoms with E-state index in [-0.39, 0.29) is 0 Å². The van der Waals surface area contributed by atoms with E-state index in [0.29, 0.717) is 11.3 Å². The Kier molecular flexibility index (Phi) is 4.02. The molecule has 1 saturated heterocycles. The lowest BCUT2D eigenvalue weighted by Gasteiger charge is -2.45. The number of piperidine rings is 1. The van der Waals surface area contributed by atoms with Gasteiger partial charge in [-0.25, -0.2) is 0 Å². The van der Waals surface area contributed by atoms with Gasteiger partial charge < -0.3 is 10.6 Å². The van der Waals surface area contributed by atoms with Crippen LogP contribution in [0.1, 0.15) is 25.8 Å². The van der Waals surface area contributed by atoms with Crippen LogP contribution in [0.4, 0.5) is 5.69 Å². The van der Waals surface area contributed by atoms with Gasteiger partial charge in [0.2, 0.25) is 0 Å². The molecule has 1 atom stereocenters. The highest BCUT2D eigenvalue weighted by atomic mass is 79.9. The molecule has 1 fully saturated rings. The molecule has 1 heterocycles. The first-order valence-corrected chi connectivity index (χ1v) is 7.44. The summed E-state index contributed by atoms with van der Waals surface area (Å²) >= 11 is 3.53. The number of rotatable bonds is 2. The molecule has 0 bridgehead atoms. The van der Waals surface area contributed by atoms with Crippen molar-refractivity contribution in [1.29, 1.82) is 0 Å². The minimum absolute atomic E-state index is 0.370. The van der Waals surface area contributed by atoms with E-state index >= 15 is 0 Å². The zero-order chi connectivity index (χ0) is 13.3. The first-order valence-electron chi connectivity index (χ1n) is 6.65. The summed E-state index contributed by atoms with van der Waals surface area (Å²) in [5.74, 6) is 0.578. The molecule has 2 rings (SSSR count). The lowest BCUT2D eigenvalue weighted by Crippen LogP contribution is -2.47. The highest BCUT2D eigenvalue weighted by molar-refractivity contribution is 9.10. The van der Waals surface area contributed by atoms with E-state index in [0.717, 1.165) is 24.1 Å². The number of hydrogen-bond acceptors (Lipinski definition) is 2. The highest BCUT2D eigenvalue weighted by Crippen LogP contribution is 2.37. The molecule has 0 saturated carbocycles. The summed E-state index contributed by atoms with van der Waals surface area (Å²) < 4.78 is 1.15. The van der Waals surface area contributed by atoms with Crippen molar-refractivity contribution in [3.05, 3.63) is 28.2 Å². The monoisotopic (exact) mass is 310 g/mol.